The lowest BCUT2D eigenvalue weighted by Gasteiger charge is -2.35. The first kappa shape index (κ1) is 16.0. The van der Waals surface area contributed by atoms with Gasteiger partial charge in [-0.2, -0.15) is 5.10 Å². The Kier molecular flexibility index (Phi) is 4.93. The fraction of sp³-hybridized carbons (Fsp3) is 0.438. The van der Waals surface area contributed by atoms with Gasteiger partial charge in [0, 0.05) is 12.4 Å². The van der Waals surface area contributed by atoms with Crippen molar-refractivity contribution in [2.24, 2.45) is 0 Å². The minimum Gasteiger partial charge on any atom is -0.309 e. The van der Waals surface area contributed by atoms with E-state index in [1.54, 1.807) is 12.1 Å². The Morgan fingerprint density at radius 2 is 2.17 bits per heavy atom. The molecule has 2 aromatic heterocycles. The van der Waals surface area contributed by atoms with Crippen molar-refractivity contribution in [3.05, 3.63) is 41.3 Å². The summed E-state index contributed by atoms with van der Waals surface area (Å²) in [6.45, 7) is 3.74. The summed E-state index contributed by atoms with van der Waals surface area (Å²) in [5.41, 5.74) is 1.26. The number of aromatic nitrogens is 3. The number of likely N-dealkylation sites (tertiary alicyclic amines) is 1. The van der Waals surface area contributed by atoms with Gasteiger partial charge in [0.05, 0.1) is 17.3 Å². The van der Waals surface area contributed by atoms with Crippen LogP contribution in [0, 0.1) is 0 Å². The van der Waals surface area contributed by atoms with Crippen molar-refractivity contribution in [1.29, 1.82) is 0 Å². The molecule has 0 unspecified atom stereocenters. The molecule has 1 fully saturated rings. The van der Waals surface area contributed by atoms with Gasteiger partial charge in [-0.05, 0) is 56.5 Å². The first-order valence-corrected chi connectivity index (χ1v) is 8.16. The minimum atomic E-state index is -0.183. The van der Waals surface area contributed by atoms with Gasteiger partial charge in [-0.1, -0.05) is 11.6 Å². The van der Waals surface area contributed by atoms with Crippen LogP contribution in [-0.4, -0.2) is 45.1 Å². The molecule has 0 aromatic carbocycles. The van der Waals surface area contributed by atoms with Crippen molar-refractivity contribution in [2.45, 2.75) is 31.7 Å². The topological polar surface area (TPSA) is 73.9 Å². The van der Waals surface area contributed by atoms with E-state index in [4.69, 9.17) is 11.6 Å². The molecule has 0 spiro atoms. The van der Waals surface area contributed by atoms with Gasteiger partial charge in [-0.3, -0.25) is 14.8 Å². The van der Waals surface area contributed by atoms with Crippen LogP contribution in [0.4, 0.5) is 5.82 Å². The second kappa shape index (κ2) is 7.10. The molecule has 0 saturated carbocycles. The lowest BCUT2D eigenvalue weighted by Crippen LogP contribution is -2.45. The lowest BCUT2D eigenvalue weighted by atomic mass is 9.91. The number of pyridine rings is 1. The van der Waals surface area contributed by atoms with E-state index < -0.39 is 0 Å². The second-order valence-corrected chi connectivity index (χ2v) is 6.31. The second-order valence-electron chi connectivity index (χ2n) is 5.87. The molecule has 1 amide bonds. The molecule has 1 aliphatic heterocycles. The Hall–Kier alpha value is -1.92. The molecule has 2 N–H and O–H groups in total. The van der Waals surface area contributed by atoms with Gasteiger partial charge in [0.1, 0.15) is 5.82 Å². The third kappa shape index (κ3) is 3.89. The van der Waals surface area contributed by atoms with Gasteiger partial charge in [0.15, 0.2) is 0 Å². The number of nitrogens with zero attached hydrogens (tertiary/aromatic N) is 3. The summed E-state index contributed by atoms with van der Waals surface area (Å²) < 4.78 is 0. The molecular weight excluding hydrogens is 314 g/mol. The van der Waals surface area contributed by atoms with Crippen LogP contribution >= 0.6 is 11.6 Å². The van der Waals surface area contributed by atoms with E-state index in [0.29, 0.717) is 16.8 Å². The summed E-state index contributed by atoms with van der Waals surface area (Å²) in [5.74, 6) is 1.01. The fourth-order valence-electron chi connectivity index (χ4n) is 2.95. The quantitative estimate of drug-likeness (QED) is 0.902. The van der Waals surface area contributed by atoms with Crippen LogP contribution in [0.25, 0.3) is 0 Å². The smallest absolute Gasteiger partial charge is 0.242 e. The number of amides is 1. The molecule has 1 atom stereocenters. The molecule has 3 heterocycles. The highest BCUT2D eigenvalue weighted by atomic mass is 35.5. The molecule has 0 bridgehead atoms. The van der Waals surface area contributed by atoms with E-state index >= 15 is 0 Å². The molecule has 3 rings (SSSR count). The predicted octanol–water partition coefficient (Wildman–Crippen LogP) is 2.66. The SMILES string of the molecule is C[C@@H](C(=O)Nc1ccc(Cl)cn1)N1CCC(c2cn[nH]c2)CC1. The molecule has 23 heavy (non-hydrogen) atoms. The van der Waals surface area contributed by atoms with Gasteiger partial charge in [0.2, 0.25) is 5.91 Å². The molecule has 6 nitrogen and oxygen atoms in total. The van der Waals surface area contributed by atoms with E-state index in [1.807, 2.05) is 19.3 Å². The molecule has 1 aliphatic rings. The maximum Gasteiger partial charge on any atom is 0.242 e. The zero-order valence-corrected chi connectivity index (χ0v) is 13.8. The van der Waals surface area contributed by atoms with Crippen LogP contribution in [0.5, 0.6) is 0 Å². The summed E-state index contributed by atoms with van der Waals surface area (Å²) in [4.78, 5) is 18.7. The van der Waals surface area contributed by atoms with Gasteiger partial charge in [-0.15, -0.1) is 0 Å². The summed E-state index contributed by atoms with van der Waals surface area (Å²) in [6.07, 6.45) is 7.45. The summed E-state index contributed by atoms with van der Waals surface area (Å²) in [7, 11) is 0. The average molecular weight is 334 g/mol. The van der Waals surface area contributed by atoms with Crippen LogP contribution in [0.1, 0.15) is 31.2 Å². The monoisotopic (exact) mass is 333 g/mol. The number of hydrogen-bond acceptors (Lipinski definition) is 4. The highest BCUT2D eigenvalue weighted by Gasteiger charge is 2.27. The largest absolute Gasteiger partial charge is 0.309 e. The van der Waals surface area contributed by atoms with Crippen molar-refractivity contribution >= 4 is 23.3 Å². The van der Waals surface area contributed by atoms with Crippen LogP contribution in [-0.2, 0) is 4.79 Å². The van der Waals surface area contributed by atoms with Crippen LogP contribution < -0.4 is 5.32 Å². The first-order chi connectivity index (χ1) is 11.1. The van der Waals surface area contributed by atoms with E-state index in [1.165, 1.54) is 11.8 Å². The van der Waals surface area contributed by atoms with Crippen LogP contribution in [0.15, 0.2) is 30.7 Å². The Morgan fingerprint density at radius 3 is 2.78 bits per heavy atom. The highest BCUT2D eigenvalue weighted by Crippen LogP contribution is 2.28. The molecule has 1 saturated heterocycles. The summed E-state index contributed by atoms with van der Waals surface area (Å²) >= 11 is 5.80. The zero-order chi connectivity index (χ0) is 16.2. The van der Waals surface area contributed by atoms with Gasteiger partial charge < -0.3 is 5.32 Å². The number of carbonyl (C=O) groups is 1. The predicted molar refractivity (Wildman–Crippen MR) is 89.5 cm³/mol. The number of halogens is 1. The highest BCUT2D eigenvalue weighted by molar-refractivity contribution is 6.30. The Labute approximate surface area is 140 Å². The van der Waals surface area contributed by atoms with Crippen LogP contribution in [0.2, 0.25) is 5.02 Å². The Morgan fingerprint density at radius 1 is 1.39 bits per heavy atom. The zero-order valence-electron chi connectivity index (χ0n) is 13.0. The fourth-order valence-corrected chi connectivity index (χ4v) is 3.06. The van der Waals surface area contributed by atoms with Gasteiger partial charge >= 0.3 is 0 Å². The molecule has 122 valence electrons. The maximum absolute atomic E-state index is 12.4. The summed E-state index contributed by atoms with van der Waals surface area (Å²) in [6, 6.07) is 3.24. The van der Waals surface area contributed by atoms with E-state index in [9.17, 15) is 4.79 Å². The normalized spacial score (nSPS) is 17.8. The third-order valence-electron chi connectivity index (χ3n) is 4.43. The lowest BCUT2D eigenvalue weighted by molar-refractivity contribution is -0.121. The van der Waals surface area contributed by atoms with E-state index in [0.717, 1.165) is 25.9 Å². The van der Waals surface area contributed by atoms with E-state index in [2.05, 4.69) is 25.4 Å². The number of hydrogen-bond donors (Lipinski definition) is 2. The van der Waals surface area contributed by atoms with Crippen molar-refractivity contribution in [1.82, 2.24) is 20.1 Å². The van der Waals surface area contributed by atoms with Crippen LogP contribution in [0.3, 0.4) is 0 Å². The number of carbonyl (C=O) groups excluding carboxylic acids is 1. The molecule has 0 radical (unpaired) electrons. The van der Waals surface area contributed by atoms with Gasteiger partial charge in [0.25, 0.3) is 0 Å². The molecule has 0 aliphatic carbocycles. The third-order valence-corrected chi connectivity index (χ3v) is 4.65. The van der Waals surface area contributed by atoms with Crippen molar-refractivity contribution in [2.75, 3.05) is 18.4 Å². The number of anilines is 1. The molecule has 2 aromatic rings. The Balaban J connectivity index is 1.53. The minimum absolute atomic E-state index is 0.0402. The Bertz CT molecular complexity index is 635. The number of H-pyrrole nitrogens is 1. The maximum atomic E-state index is 12.4. The molecular formula is C16H20ClN5O. The van der Waals surface area contributed by atoms with Crippen molar-refractivity contribution in [3.8, 4) is 0 Å². The number of aromatic amines is 1. The standard InChI is InChI=1S/C16H20ClN5O/c1-11(16(23)21-15-3-2-14(17)10-18-15)22-6-4-12(5-7-22)13-8-19-20-9-13/h2-3,8-12H,4-7H2,1H3,(H,19,20)(H,18,21,23)/t11-/m0/s1. The molecule has 7 heteroatoms. The van der Waals surface area contributed by atoms with Gasteiger partial charge in [-0.25, -0.2) is 4.98 Å². The number of rotatable bonds is 4. The first-order valence-electron chi connectivity index (χ1n) is 7.78. The number of piperidine rings is 1. The summed E-state index contributed by atoms with van der Waals surface area (Å²) in [5, 5.41) is 10.3. The van der Waals surface area contributed by atoms with Crippen molar-refractivity contribution < 1.29 is 4.79 Å². The number of nitrogens with one attached hydrogen (secondary N) is 2. The average Bonchev–Trinajstić information content (AvgIpc) is 3.11. The van der Waals surface area contributed by atoms with Crippen molar-refractivity contribution in [3.63, 3.8) is 0 Å². The van der Waals surface area contributed by atoms with E-state index in [-0.39, 0.29) is 11.9 Å².